The molecule has 1 aromatic heterocycles. The van der Waals surface area contributed by atoms with Crippen LogP contribution in [0.1, 0.15) is 46.6 Å². The van der Waals surface area contributed by atoms with Crippen molar-refractivity contribution in [2.45, 2.75) is 38.5 Å². The molecule has 1 nitrogen and oxygen atoms in total. The number of aryl methyl sites for hydroxylation is 2. The van der Waals surface area contributed by atoms with Crippen molar-refractivity contribution in [1.82, 2.24) is 0 Å². The molecule has 5 rings (SSSR count). The highest BCUT2D eigenvalue weighted by atomic mass is 16.3. The van der Waals surface area contributed by atoms with Crippen LogP contribution in [0.15, 0.2) is 77.2 Å². The number of hydrogen-bond acceptors (Lipinski definition) is 1. The highest BCUT2D eigenvalue weighted by Gasteiger charge is 2.16. The van der Waals surface area contributed by atoms with Gasteiger partial charge in [-0.25, -0.2) is 0 Å². The number of fused-ring (bicyclic) bond motifs is 2. The van der Waals surface area contributed by atoms with E-state index in [0.29, 0.717) is 0 Å². The molecule has 0 atom stereocenters. The Morgan fingerprint density at radius 1 is 0.593 bits per heavy atom. The largest absolute Gasteiger partial charge is 0.465 e. The van der Waals surface area contributed by atoms with Gasteiger partial charge < -0.3 is 4.42 Å². The van der Waals surface area contributed by atoms with Gasteiger partial charge in [-0.05, 0) is 71.2 Å². The van der Waals surface area contributed by atoms with E-state index in [9.17, 15) is 0 Å². The topological polar surface area (TPSA) is 13.1 Å². The van der Waals surface area contributed by atoms with E-state index in [-0.39, 0.29) is 0 Å². The molecular weight excluding hydrogens is 328 g/mol. The SMILES string of the molecule is C1=C(Cc2ccc(CC3=CCCc4ccccc43)o2)c2ccccc2CC1. The van der Waals surface area contributed by atoms with Gasteiger partial charge in [-0.2, -0.15) is 0 Å². The fraction of sp³-hybridized carbons (Fsp3) is 0.231. The lowest BCUT2D eigenvalue weighted by Gasteiger charge is -2.17. The van der Waals surface area contributed by atoms with E-state index < -0.39 is 0 Å². The normalized spacial score (nSPS) is 15.6. The molecule has 0 fully saturated rings. The van der Waals surface area contributed by atoms with Gasteiger partial charge in [0, 0.05) is 12.8 Å². The smallest absolute Gasteiger partial charge is 0.108 e. The Hall–Kier alpha value is -2.80. The number of rotatable bonds is 4. The van der Waals surface area contributed by atoms with E-state index in [1.165, 1.54) is 33.4 Å². The first-order valence-electron chi connectivity index (χ1n) is 9.99. The maximum atomic E-state index is 6.24. The minimum Gasteiger partial charge on any atom is -0.465 e. The minimum absolute atomic E-state index is 0.882. The summed E-state index contributed by atoms with van der Waals surface area (Å²) in [5.41, 5.74) is 8.52. The summed E-state index contributed by atoms with van der Waals surface area (Å²) in [5, 5.41) is 0. The second-order valence-corrected chi connectivity index (χ2v) is 7.57. The molecule has 0 spiro atoms. The molecule has 0 radical (unpaired) electrons. The second-order valence-electron chi connectivity index (χ2n) is 7.57. The number of hydrogen-bond donors (Lipinski definition) is 0. The summed E-state index contributed by atoms with van der Waals surface area (Å²) in [6, 6.07) is 21.9. The predicted octanol–water partition coefficient (Wildman–Crippen LogP) is 6.42. The Bertz CT molecular complexity index is 950. The first-order valence-corrected chi connectivity index (χ1v) is 9.99. The third kappa shape index (κ3) is 3.30. The molecule has 2 aliphatic rings. The predicted molar refractivity (Wildman–Crippen MR) is 112 cm³/mol. The molecular formula is C26H24O. The highest BCUT2D eigenvalue weighted by Crippen LogP contribution is 2.32. The van der Waals surface area contributed by atoms with E-state index in [1.807, 2.05) is 0 Å². The molecule has 0 saturated heterocycles. The van der Waals surface area contributed by atoms with Gasteiger partial charge in [0.2, 0.25) is 0 Å². The fourth-order valence-electron chi connectivity index (χ4n) is 4.45. The number of benzene rings is 2. The Balaban J connectivity index is 1.34. The molecule has 0 aliphatic heterocycles. The van der Waals surface area contributed by atoms with Crippen molar-refractivity contribution >= 4 is 11.1 Å². The van der Waals surface area contributed by atoms with Crippen LogP contribution in [0.2, 0.25) is 0 Å². The Morgan fingerprint density at radius 3 is 1.59 bits per heavy atom. The van der Waals surface area contributed by atoms with E-state index in [1.54, 1.807) is 0 Å². The lowest BCUT2D eigenvalue weighted by Crippen LogP contribution is -2.01. The molecule has 0 amide bonds. The van der Waals surface area contributed by atoms with Crippen molar-refractivity contribution in [2.75, 3.05) is 0 Å². The van der Waals surface area contributed by atoms with Gasteiger partial charge in [-0.1, -0.05) is 60.7 Å². The Labute approximate surface area is 161 Å². The summed E-state index contributed by atoms with van der Waals surface area (Å²) in [4.78, 5) is 0. The van der Waals surface area contributed by atoms with Crippen LogP contribution in [0.4, 0.5) is 0 Å². The first-order chi connectivity index (χ1) is 13.4. The lowest BCUT2D eigenvalue weighted by molar-refractivity contribution is 0.488. The van der Waals surface area contributed by atoms with Crippen LogP contribution in [0.25, 0.3) is 11.1 Å². The summed E-state index contributed by atoms with van der Waals surface area (Å²) in [5.74, 6) is 2.13. The zero-order valence-corrected chi connectivity index (χ0v) is 15.6. The van der Waals surface area contributed by atoms with Crippen molar-refractivity contribution in [3.05, 3.63) is 107 Å². The zero-order valence-electron chi connectivity index (χ0n) is 15.6. The van der Waals surface area contributed by atoms with E-state index in [0.717, 1.165) is 50.0 Å². The minimum atomic E-state index is 0.882. The molecule has 3 aromatic rings. The van der Waals surface area contributed by atoms with E-state index in [4.69, 9.17) is 4.42 Å². The van der Waals surface area contributed by atoms with Gasteiger partial charge in [0.1, 0.15) is 11.5 Å². The molecule has 27 heavy (non-hydrogen) atoms. The highest BCUT2D eigenvalue weighted by molar-refractivity contribution is 5.72. The maximum Gasteiger partial charge on any atom is 0.108 e. The zero-order chi connectivity index (χ0) is 18.1. The molecule has 0 unspecified atom stereocenters. The van der Waals surface area contributed by atoms with Crippen LogP contribution < -0.4 is 0 Å². The van der Waals surface area contributed by atoms with Crippen molar-refractivity contribution < 1.29 is 4.42 Å². The molecule has 0 saturated carbocycles. The monoisotopic (exact) mass is 352 g/mol. The Kier molecular flexibility index (Phi) is 4.29. The van der Waals surface area contributed by atoms with Crippen LogP contribution in [0, 0.1) is 0 Å². The molecule has 134 valence electrons. The van der Waals surface area contributed by atoms with E-state index in [2.05, 4.69) is 72.8 Å². The fourth-order valence-corrected chi connectivity index (χ4v) is 4.45. The average Bonchev–Trinajstić information content (AvgIpc) is 3.15. The maximum absolute atomic E-state index is 6.24. The molecule has 0 N–H and O–H groups in total. The number of furan rings is 1. The van der Waals surface area contributed by atoms with Crippen molar-refractivity contribution in [2.24, 2.45) is 0 Å². The third-order valence-electron chi connectivity index (χ3n) is 5.78. The van der Waals surface area contributed by atoms with Gasteiger partial charge in [0.15, 0.2) is 0 Å². The summed E-state index contributed by atoms with van der Waals surface area (Å²) in [6.45, 7) is 0. The average molecular weight is 352 g/mol. The summed E-state index contributed by atoms with van der Waals surface area (Å²) in [7, 11) is 0. The van der Waals surface area contributed by atoms with Gasteiger partial charge in [0.05, 0.1) is 0 Å². The lowest BCUT2D eigenvalue weighted by atomic mass is 9.89. The molecule has 2 aromatic carbocycles. The van der Waals surface area contributed by atoms with Crippen molar-refractivity contribution in [3.8, 4) is 0 Å². The van der Waals surface area contributed by atoms with Crippen LogP contribution in [-0.2, 0) is 25.7 Å². The van der Waals surface area contributed by atoms with Crippen LogP contribution in [0.3, 0.4) is 0 Å². The van der Waals surface area contributed by atoms with Gasteiger partial charge in [0.25, 0.3) is 0 Å². The second kappa shape index (κ2) is 7.08. The van der Waals surface area contributed by atoms with Gasteiger partial charge >= 0.3 is 0 Å². The summed E-state index contributed by atoms with van der Waals surface area (Å²) >= 11 is 0. The number of allylic oxidation sites excluding steroid dienone is 4. The molecule has 1 heteroatoms. The molecule has 2 aliphatic carbocycles. The van der Waals surface area contributed by atoms with Gasteiger partial charge in [-0.3, -0.25) is 0 Å². The van der Waals surface area contributed by atoms with Crippen molar-refractivity contribution in [1.29, 1.82) is 0 Å². The third-order valence-corrected chi connectivity index (χ3v) is 5.78. The standard InChI is InChI=1S/C26H24O/c1-3-13-25-19(7-1)9-5-11-21(25)17-23-15-16-24(27-23)18-22-12-6-10-20-8-2-4-14-26(20)22/h1-4,7-8,11-16H,5-6,9-10,17-18H2. The first kappa shape index (κ1) is 16.4. The molecule has 0 bridgehead atoms. The molecule has 1 heterocycles. The quantitative estimate of drug-likeness (QED) is 0.528. The Morgan fingerprint density at radius 2 is 1.07 bits per heavy atom. The van der Waals surface area contributed by atoms with E-state index >= 15 is 0 Å². The van der Waals surface area contributed by atoms with Crippen LogP contribution in [0.5, 0.6) is 0 Å². The summed E-state index contributed by atoms with van der Waals surface area (Å²) in [6.07, 6.45) is 11.1. The summed E-state index contributed by atoms with van der Waals surface area (Å²) < 4.78 is 6.24. The van der Waals surface area contributed by atoms with Crippen LogP contribution in [-0.4, -0.2) is 0 Å². The van der Waals surface area contributed by atoms with Gasteiger partial charge in [-0.15, -0.1) is 0 Å². The van der Waals surface area contributed by atoms with Crippen LogP contribution >= 0.6 is 0 Å². The van der Waals surface area contributed by atoms with Crippen molar-refractivity contribution in [3.63, 3.8) is 0 Å².